The second-order valence-electron chi connectivity index (χ2n) is 5.71. The van der Waals surface area contributed by atoms with Gasteiger partial charge in [-0.2, -0.15) is 4.33 Å². The van der Waals surface area contributed by atoms with Gasteiger partial charge in [-0.05, 0) is 30.6 Å². The van der Waals surface area contributed by atoms with Gasteiger partial charge < -0.3 is 5.26 Å². The monoisotopic (exact) mass is 245 g/mol. The number of hydrogen-bond donors (Lipinski definition) is 0. The Balaban J connectivity index is 2.08. The fourth-order valence-electron chi connectivity index (χ4n) is 3.36. The Morgan fingerprint density at radius 3 is 2.88 bits per heavy atom. The van der Waals surface area contributed by atoms with Crippen molar-refractivity contribution in [2.24, 2.45) is 16.7 Å². The van der Waals surface area contributed by atoms with Crippen molar-refractivity contribution in [1.29, 1.82) is 0 Å². The molecule has 16 heavy (non-hydrogen) atoms. The molecule has 0 aromatic carbocycles. The van der Waals surface area contributed by atoms with E-state index in [0.717, 1.165) is 31.3 Å². The molecular weight excluding hydrogens is 228 g/mol. The molecule has 3 aliphatic carbocycles. The summed E-state index contributed by atoms with van der Waals surface area (Å²) in [4.78, 5) is 12.1. The van der Waals surface area contributed by atoms with E-state index in [1.165, 1.54) is 0 Å². The molecule has 5 heteroatoms. The summed E-state index contributed by atoms with van der Waals surface area (Å²) in [6.45, 7) is 4.46. The lowest BCUT2D eigenvalue weighted by atomic mass is 9.51. The Morgan fingerprint density at radius 1 is 1.56 bits per heavy atom. The van der Waals surface area contributed by atoms with Gasteiger partial charge in [0, 0.05) is 29.6 Å². The number of rotatable bonds is 4. The number of Topliss-reactive ketones (excluding diaryl/α,β-unsaturated/α-hetero) is 1. The second kappa shape index (κ2) is 4.29. The normalized spacial score (nSPS) is 36.7. The minimum absolute atomic E-state index is 0.227. The number of fused-ring (bicyclic) bond motifs is 3. The number of carbonyl (C=O) groups is 1. The van der Waals surface area contributed by atoms with E-state index in [1.807, 2.05) is 0 Å². The summed E-state index contributed by atoms with van der Waals surface area (Å²) < 4.78 is 4.31. The molecule has 4 nitrogen and oxygen atoms in total. The molecule has 0 N–H and O–H groups in total. The fourth-order valence-corrected chi connectivity index (χ4v) is 4.08. The molecule has 0 saturated heterocycles. The molecule has 92 valence electrons. The lowest BCUT2D eigenvalue weighted by Gasteiger charge is -2.53. The third-order valence-corrected chi connectivity index (χ3v) is 5.13. The zero-order chi connectivity index (χ0) is 11.8. The van der Waals surface area contributed by atoms with Crippen molar-refractivity contribution in [2.45, 2.75) is 39.5 Å². The standard InChI is InChI=1S/C11H18O4S/c1-10(2)6-11(7-16-15-14-13)4-3-8(10)5-9(11)12/h8,13H,3-7H2,1-2H3/p-1. The van der Waals surface area contributed by atoms with Gasteiger partial charge in [0.25, 0.3) is 0 Å². The minimum atomic E-state index is -0.290. The van der Waals surface area contributed by atoms with Gasteiger partial charge in [0.15, 0.2) is 0 Å². The summed E-state index contributed by atoms with van der Waals surface area (Å²) in [5.41, 5.74) is -0.0630. The molecule has 2 unspecified atom stereocenters. The van der Waals surface area contributed by atoms with Crippen LogP contribution in [0.25, 0.3) is 0 Å². The van der Waals surface area contributed by atoms with Crippen LogP contribution >= 0.6 is 12.0 Å². The number of carbonyl (C=O) groups excluding carboxylic acids is 1. The summed E-state index contributed by atoms with van der Waals surface area (Å²) in [6.07, 6.45) is 3.62. The van der Waals surface area contributed by atoms with Crippen molar-refractivity contribution in [3.05, 3.63) is 0 Å². The largest absolute Gasteiger partial charge is 0.691 e. The van der Waals surface area contributed by atoms with Gasteiger partial charge in [-0.3, -0.25) is 9.83 Å². The fraction of sp³-hybridized carbons (Fsp3) is 0.909. The zero-order valence-electron chi connectivity index (χ0n) is 9.65. The molecule has 0 aromatic rings. The van der Waals surface area contributed by atoms with Gasteiger partial charge in [-0.15, -0.1) is 0 Å². The van der Waals surface area contributed by atoms with E-state index < -0.39 is 0 Å². The lowest BCUT2D eigenvalue weighted by Crippen LogP contribution is -2.52. The van der Waals surface area contributed by atoms with Crippen LogP contribution in [0.15, 0.2) is 0 Å². The van der Waals surface area contributed by atoms with Crippen molar-refractivity contribution in [2.75, 3.05) is 5.75 Å². The second-order valence-corrected chi connectivity index (χ2v) is 6.37. The van der Waals surface area contributed by atoms with Crippen LogP contribution < -0.4 is 5.26 Å². The highest BCUT2D eigenvalue weighted by molar-refractivity contribution is 7.94. The lowest BCUT2D eigenvalue weighted by molar-refractivity contribution is -0.777. The Morgan fingerprint density at radius 2 is 2.31 bits per heavy atom. The first-order valence-electron chi connectivity index (χ1n) is 5.62. The van der Waals surface area contributed by atoms with Crippen molar-refractivity contribution < 1.29 is 19.4 Å². The summed E-state index contributed by atoms with van der Waals surface area (Å²) in [7, 11) is 0. The molecule has 0 spiro atoms. The van der Waals surface area contributed by atoms with Crippen molar-refractivity contribution in [3.63, 3.8) is 0 Å². The molecule has 0 heterocycles. The average molecular weight is 245 g/mol. The van der Waals surface area contributed by atoms with Gasteiger partial charge in [-0.1, -0.05) is 13.8 Å². The predicted octanol–water partition coefficient (Wildman–Crippen LogP) is 1.64. The van der Waals surface area contributed by atoms with E-state index in [1.54, 1.807) is 0 Å². The molecule has 3 rings (SSSR count). The maximum atomic E-state index is 12.1. The molecule has 2 atom stereocenters. The van der Waals surface area contributed by atoms with Gasteiger partial charge in [0.2, 0.25) is 0 Å². The molecule has 3 fully saturated rings. The van der Waals surface area contributed by atoms with E-state index >= 15 is 0 Å². The quantitative estimate of drug-likeness (QED) is 0.326. The predicted molar refractivity (Wildman–Crippen MR) is 57.8 cm³/mol. The zero-order valence-corrected chi connectivity index (χ0v) is 10.5. The maximum absolute atomic E-state index is 12.1. The van der Waals surface area contributed by atoms with E-state index in [-0.39, 0.29) is 10.8 Å². The smallest absolute Gasteiger partial charge is 0.140 e. The topological polar surface area (TPSA) is 58.6 Å². The summed E-state index contributed by atoms with van der Waals surface area (Å²) in [6, 6.07) is 0. The molecule has 0 radical (unpaired) electrons. The van der Waals surface area contributed by atoms with Crippen LogP contribution in [0.1, 0.15) is 39.5 Å². The average Bonchev–Trinajstić information content (AvgIpc) is 2.20. The third-order valence-electron chi connectivity index (χ3n) is 4.30. The van der Waals surface area contributed by atoms with E-state index in [4.69, 9.17) is 0 Å². The van der Waals surface area contributed by atoms with Crippen LogP contribution in [0.5, 0.6) is 0 Å². The summed E-state index contributed by atoms with van der Waals surface area (Å²) >= 11 is 0.957. The SMILES string of the molecule is CC1(C)CC2(CSOO[O-])CCC1CC2=O. The highest BCUT2D eigenvalue weighted by Crippen LogP contribution is 2.57. The molecule has 3 saturated carbocycles. The van der Waals surface area contributed by atoms with Crippen molar-refractivity contribution in [1.82, 2.24) is 0 Å². The van der Waals surface area contributed by atoms with E-state index in [0.29, 0.717) is 23.9 Å². The van der Waals surface area contributed by atoms with Gasteiger partial charge in [0.1, 0.15) is 5.78 Å². The van der Waals surface area contributed by atoms with Crippen LogP contribution in [0.3, 0.4) is 0 Å². The van der Waals surface area contributed by atoms with E-state index in [9.17, 15) is 10.1 Å². The Hall–Kier alpha value is -0.100. The van der Waals surface area contributed by atoms with Gasteiger partial charge in [0.05, 0.1) is 0 Å². The number of hydrogen-bond acceptors (Lipinski definition) is 5. The Bertz CT molecular complexity index is 292. The van der Waals surface area contributed by atoms with Gasteiger partial charge in [-0.25, -0.2) is 0 Å². The summed E-state index contributed by atoms with van der Waals surface area (Å²) in [5, 5.41) is 13.1. The van der Waals surface area contributed by atoms with Crippen molar-refractivity contribution >= 4 is 17.8 Å². The molecule has 0 aromatic heterocycles. The van der Waals surface area contributed by atoms with Crippen LogP contribution in [0.2, 0.25) is 0 Å². The molecule has 0 amide bonds. The first-order chi connectivity index (χ1) is 7.50. The number of ketones is 1. The highest BCUT2D eigenvalue weighted by Gasteiger charge is 2.54. The molecule has 3 aliphatic rings. The van der Waals surface area contributed by atoms with Crippen LogP contribution in [0, 0.1) is 16.7 Å². The molecule has 2 bridgehead atoms. The van der Waals surface area contributed by atoms with Gasteiger partial charge >= 0.3 is 0 Å². The molecule has 0 aliphatic heterocycles. The third kappa shape index (κ3) is 2.01. The van der Waals surface area contributed by atoms with Crippen LogP contribution in [0.4, 0.5) is 0 Å². The van der Waals surface area contributed by atoms with Crippen LogP contribution in [-0.4, -0.2) is 11.5 Å². The summed E-state index contributed by atoms with van der Waals surface area (Å²) in [5.74, 6) is 1.40. The van der Waals surface area contributed by atoms with Crippen LogP contribution in [-0.2, 0) is 14.2 Å². The Kier molecular flexibility index (Phi) is 3.32. The first kappa shape index (κ1) is 12.4. The maximum Gasteiger partial charge on any atom is 0.140 e. The van der Waals surface area contributed by atoms with Crippen molar-refractivity contribution in [3.8, 4) is 0 Å². The first-order valence-corrected chi connectivity index (χ1v) is 6.53. The van der Waals surface area contributed by atoms with E-state index in [2.05, 4.69) is 23.2 Å². The highest BCUT2D eigenvalue weighted by atomic mass is 32.2. The molecular formula is C11H17O4S-. The Labute approximate surface area is 99.8 Å². The minimum Gasteiger partial charge on any atom is -0.691 e.